The average Bonchev–Trinajstić information content (AvgIpc) is 3.34. The van der Waals surface area contributed by atoms with Crippen molar-refractivity contribution in [3.63, 3.8) is 0 Å². The Morgan fingerprint density at radius 1 is 1.05 bits per heavy atom. The van der Waals surface area contributed by atoms with Crippen LogP contribution in [0.15, 0.2) is 76.7 Å². The highest BCUT2D eigenvalue weighted by molar-refractivity contribution is 7.99. The Morgan fingerprint density at radius 2 is 1.90 bits per heavy atom. The van der Waals surface area contributed by atoms with Crippen molar-refractivity contribution in [2.45, 2.75) is 61.0 Å². The molecule has 2 aromatic carbocycles. The zero-order valence-electron chi connectivity index (χ0n) is 22.2. The molecule has 1 atom stereocenters. The second kappa shape index (κ2) is 13.4. The molecule has 1 aliphatic rings. The summed E-state index contributed by atoms with van der Waals surface area (Å²) in [4.78, 5) is 29.6. The van der Waals surface area contributed by atoms with E-state index < -0.39 is 5.97 Å². The average molecular weight is 557 g/mol. The molecule has 1 aliphatic heterocycles. The van der Waals surface area contributed by atoms with Crippen molar-refractivity contribution < 1.29 is 19.4 Å². The van der Waals surface area contributed by atoms with Crippen LogP contribution in [0.5, 0.6) is 0 Å². The Hall–Kier alpha value is -3.95. The van der Waals surface area contributed by atoms with Crippen molar-refractivity contribution in [1.29, 1.82) is 0 Å². The van der Waals surface area contributed by atoms with Gasteiger partial charge in [-0.05, 0) is 86.7 Å². The van der Waals surface area contributed by atoms with Gasteiger partial charge in [-0.2, -0.15) is 5.10 Å². The highest BCUT2D eigenvalue weighted by atomic mass is 32.2. The van der Waals surface area contributed by atoms with E-state index in [0.29, 0.717) is 12.8 Å². The number of fused-ring (bicyclic) bond motifs is 1. The second-order valence-corrected chi connectivity index (χ2v) is 10.8. The van der Waals surface area contributed by atoms with Crippen LogP contribution >= 0.6 is 11.8 Å². The summed E-state index contributed by atoms with van der Waals surface area (Å²) in [5.41, 5.74) is 3.46. The number of nitrogens with zero attached hydrogens (tertiary/aromatic N) is 3. The minimum atomic E-state index is -0.841. The Balaban J connectivity index is 1.38. The first-order chi connectivity index (χ1) is 19.6. The molecule has 1 fully saturated rings. The number of benzene rings is 2. The maximum absolute atomic E-state index is 12.5. The Labute approximate surface area is 237 Å². The number of unbranched alkanes of at least 4 members (excludes halogenated alkanes) is 1. The molecule has 0 radical (unpaired) electrons. The van der Waals surface area contributed by atoms with E-state index in [2.05, 4.69) is 28.5 Å². The standard InChI is InChI=1S/C31H32N4O4S/c36-29(12-3-4-14-31(37)38)33-26-10-1-2-11-28(26)40-23-16-17-24-25(18-15-22-9-5-7-19-32-22)34-35(27(24)21-23)30-13-6-8-20-39-30/h1-2,5,7,9-11,15-19,21,30H,3-4,6,8,12-14,20H2,(H,33,36)(H,37,38). The molecule has 1 saturated heterocycles. The van der Waals surface area contributed by atoms with Crippen molar-refractivity contribution in [2.75, 3.05) is 11.9 Å². The van der Waals surface area contributed by atoms with E-state index in [4.69, 9.17) is 14.9 Å². The van der Waals surface area contributed by atoms with Crippen LogP contribution in [0.2, 0.25) is 0 Å². The van der Waals surface area contributed by atoms with Crippen molar-refractivity contribution in [3.8, 4) is 0 Å². The minimum Gasteiger partial charge on any atom is -0.481 e. The van der Waals surface area contributed by atoms with Gasteiger partial charge in [-0.3, -0.25) is 14.6 Å². The molecular formula is C31H32N4O4S. The number of nitrogens with one attached hydrogen (secondary N) is 1. The number of carboxylic acid groups (broad SMARTS) is 1. The van der Waals surface area contributed by atoms with Crippen LogP contribution < -0.4 is 5.32 Å². The highest BCUT2D eigenvalue weighted by Crippen LogP contribution is 2.37. The monoisotopic (exact) mass is 556 g/mol. The number of rotatable bonds is 11. The summed E-state index contributed by atoms with van der Waals surface area (Å²) in [7, 11) is 0. The lowest BCUT2D eigenvalue weighted by Crippen LogP contribution is -2.19. The summed E-state index contributed by atoms with van der Waals surface area (Å²) in [5, 5.41) is 17.8. The molecular weight excluding hydrogens is 524 g/mol. The number of carbonyl (C=O) groups excluding carboxylic acids is 1. The first-order valence-electron chi connectivity index (χ1n) is 13.6. The van der Waals surface area contributed by atoms with Gasteiger partial charge in [-0.15, -0.1) is 0 Å². The molecule has 0 saturated carbocycles. The molecule has 1 amide bonds. The number of ether oxygens (including phenoxy) is 1. The quantitative estimate of drug-likeness (QED) is 0.191. The first kappa shape index (κ1) is 27.6. The molecule has 40 heavy (non-hydrogen) atoms. The summed E-state index contributed by atoms with van der Waals surface area (Å²) in [6.45, 7) is 0.725. The van der Waals surface area contributed by atoms with E-state index in [9.17, 15) is 9.59 Å². The number of hydrogen-bond donors (Lipinski definition) is 2. The van der Waals surface area contributed by atoms with Gasteiger partial charge in [0.2, 0.25) is 5.91 Å². The Kier molecular flexibility index (Phi) is 9.26. The van der Waals surface area contributed by atoms with Gasteiger partial charge < -0.3 is 15.2 Å². The predicted octanol–water partition coefficient (Wildman–Crippen LogP) is 7.04. The van der Waals surface area contributed by atoms with Gasteiger partial charge in [0.15, 0.2) is 6.23 Å². The van der Waals surface area contributed by atoms with Crippen LogP contribution in [0.25, 0.3) is 23.1 Å². The van der Waals surface area contributed by atoms with Crippen LogP contribution in [0.1, 0.15) is 62.6 Å². The van der Waals surface area contributed by atoms with Crippen LogP contribution in [0.3, 0.4) is 0 Å². The van der Waals surface area contributed by atoms with Crippen LogP contribution in [0, 0.1) is 0 Å². The number of para-hydroxylation sites is 1. The molecule has 206 valence electrons. The van der Waals surface area contributed by atoms with Gasteiger partial charge in [0.05, 0.1) is 22.6 Å². The van der Waals surface area contributed by atoms with Crippen LogP contribution in [-0.2, 0) is 14.3 Å². The van der Waals surface area contributed by atoms with Gasteiger partial charge in [0, 0.05) is 40.8 Å². The number of anilines is 1. The summed E-state index contributed by atoms with van der Waals surface area (Å²) >= 11 is 1.58. The third-order valence-corrected chi connectivity index (χ3v) is 7.73. The molecule has 3 heterocycles. The molecule has 2 aromatic heterocycles. The van der Waals surface area contributed by atoms with E-state index in [1.807, 2.05) is 59.3 Å². The molecule has 0 aliphatic carbocycles. The highest BCUT2D eigenvalue weighted by Gasteiger charge is 2.21. The first-order valence-corrected chi connectivity index (χ1v) is 14.4. The maximum Gasteiger partial charge on any atom is 0.303 e. The fourth-order valence-electron chi connectivity index (χ4n) is 4.66. The second-order valence-electron chi connectivity index (χ2n) is 9.67. The Morgan fingerprint density at radius 3 is 2.70 bits per heavy atom. The molecule has 4 aromatic rings. The van der Waals surface area contributed by atoms with Gasteiger partial charge >= 0.3 is 5.97 Å². The van der Waals surface area contributed by atoms with Crippen molar-refractivity contribution >= 4 is 52.4 Å². The zero-order valence-corrected chi connectivity index (χ0v) is 23.0. The number of aromatic nitrogens is 3. The van der Waals surface area contributed by atoms with Gasteiger partial charge in [-0.1, -0.05) is 30.0 Å². The molecule has 0 spiro atoms. The Bertz CT molecular complexity index is 1500. The fraction of sp³-hybridized carbons (Fsp3) is 0.290. The minimum absolute atomic E-state index is 0.0747. The zero-order chi connectivity index (χ0) is 27.7. The van der Waals surface area contributed by atoms with E-state index in [1.54, 1.807) is 18.0 Å². The summed E-state index contributed by atoms with van der Waals surface area (Å²) in [6, 6.07) is 19.8. The molecule has 0 bridgehead atoms. The van der Waals surface area contributed by atoms with Gasteiger partial charge in [0.25, 0.3) is 0 Å². The van der Waals surface area contributed by atoms with E-state index in [-0.39, 0.29) is 25.0 Å². The van der Waals surface area contributed by atoms with Gasteiger partial charge in [0.1, 0.15) is 0 Å². The number of hydrogen-bond acceptors (Lipinski definition) is 6. The summed E-state index contributed by atoms with van der Waals surface area (Å²) in [6.07, 6.45) is 10.1. The lowest BCUT2D eigenvalue weighted by molar-refractivity contribution is -0.137. The van der Waals surface area contributed by atoms with E-state index >= 15 is 0 Å². The number of amides is 1. The SMILES string of the molecule is O=C(O)CCCCC(=O)Nc1ccccc1Sc1ccc2c(C=Cc3ccccn3)nn(C3CCCCO3)c2c1. The lowest BCUT2D eigenvalue weighted by atomic mass is 10.1. The normalized spacial score (nSPS) is 15.4. The van der Waals surface area contributed by atoms with Crippen LogP contribution in [0.4, 0.5) is 5.69 Å². The number of aliphatic carboxylic acids is 1. The third kappa shape index (κ3) is 7.16. The van der Waals surface area contributed by atoms with Crippen LogP contribution in [-0.4, -0.2) is 38.4 Å². The number of pyridine rings is 1. The predicted molar refractivity (Wildman–Crippen MR) is 157 cm³/mol. The lowest BCUT2D eigenvalue weighted by Gasteiger charge is -2.23. The smallest absolute Gasteiger partial charge is 0.303 e. The topological polar surface area (TPSA) is 106 Å². The van der Waals surface area contributed by atoms with E-state index in [0.717, 1.165) is 63.6 Å². The molecule has 5 rings (SSSR count). The number of carbonyl (C=O) groups is 2. The van der Waals surface area contributed by atoms with Crippen molar-refractivity contribution in [3.05, 3.63) is 78.2 Å². The summed E-state index contributed by atoms with van der Waals surface area (Å²) in [5.74, 6) is -0.961. The molecule has 8 nitrogen and oxygen atoms in total. The van der Waals surface area contributed by atoms with Crippen molar-refractivity contribution in [1.82, 2.24) is 14.8 Å². The van der Waals surface area contributed by atoms with Crippen molar-refractivity contribution in [2.24, 2.45) is 0 Å². The number of carboxylic acids is 1. The molecule has 2 N–H and O–H groups in total. The van der Waals surface area contributed by atoms with E-state index in [1.165, 1.54) is 0 Å². The third-order valence-electron chi connectivity index (χ3n) is 6.67. The molecule has 1 unspecified atom stereocenters. The maximum atomic E-state index is 12.5. The largest absolute Gasteiger partial charge is 0.481 e. The molecule has 9 heteroatoms. The van der Waals surface area contributed by atoms with Gasteiger partial charge in [-0.25, -0.2) is 4.68 Å². The summed E-state index contributed by atoms with van der Waals surface area (Å²) < 4.78 is 8.10. The fourth-order valence-corrected chi connectivity index (χ4v) is 5.60.